The second-order valence-corrected chi connectivity index (χ2v) is 8.25. The van der Waals surface area contributed by atoms with Crippen LogP contribution < -0.4 is 4.74 Å². The van der Waals surface area contributed by atoms with E-state index in [1.807, 2.05) is 0 Å². The second-order valence-electron chi connectivity index (χ2n) is 7.41. The van der Waals surface area contributed by atoms with E-state index >= 15 is 0 Å². The summed E-state index contributed by atoms with van der Waals surface area (Å²) in [6.07, 6.45) is -0.286. The number of carbonyl (C=O) groups excluding carboxylic acids is 1. The van der Waals surface area contributed by atoms with E-state index in [2.05, 4.69) is 0 Å². The van der Waals surface area contributed by atoms with Gasteiger partial charge in [-0.2, -0.15) is 0 Å². The van der Waals surface area contributed by atoms with Crippen molar-refractivity contribution >= 4 is 35.0 Å². The quantitative estimate of drug-likeness (QED) is 0.456. The summed E-state index contributed by atoms with van der Waals surface area (Å²) in [5.74, 6) is -1.54. The van der Waals surface area contributed by atoms with Crippen molar-refractivity contribution in [3.8, 4) is 17.2 Å². The molecule has 0 fully saturated rings. The first kappa shape index (κ1) is 22.8. The number of carboxylic acids is 1. The average Bonchev–Trinajstić information content (AvgIpc) is 2.61. The van der Waals surface area contributed by atoms with E-state index in [1.54, 1.807) is 26.0 Å². The van der Waals surface area contributed by atoms with E-state index in [4.69, 9.17) is 27.9 Å². The second kappa shape index (κ2) is 9.37. The highest BCUT2D eigenvalue weighted by atomic mass is 35.5. The highest BCUT2D eigenvalue weighted by Gasteiger charge is 2.29. The molecule has 0 saturated carbocycles. The van der Waals surface area contributed by atoms with E-state index in [9.17, 15) is 24.9 Å². The van der Waals surface area contributed by atoms with Crippen LogP contribution in [0, 0.1) is 5.41 Å². The Kier molecular flexibility index (Phi) is 7.38. The first-order valence-corrected chi connectivity index (χ1v) is 9.65. The molecule has 29 heavy (non-hydrogen) atoms. The van der Waals surface area contributed by atoms with Gasteiger partial charge in [0.2, 0.25) is 0 Å². The zero-order valence-electron chi connectivity index (χ0n) is 16.0. The number of ketones is 1. The molecule has 0 aliphatic carbocycles. The largest absolute Gasteiger partial charge is 0.508 e. The van der Waals surface area contributed by atoms with Crippen LogP contribution in [-0.4, -0.2) is 33.2 Å². The number of phenolic OH excluding ortho intramolecular Hbond substituents is 2. The Morgan fingerprint density at radius 1 is 1.07 bits per heavy atom. The lowest BCUT2D eigenvalue weighted by atomic mass is 9.86. The fourth-order valence-electron chi connectivity index (χ4n) is 2.66. The molecule has 0 heterocycles. The summed E-state index contributed by atoms with van der Waals surface area (Å²) in [6, 6.07) is 8.28. The van der Waals surface area contributed by atoms with Crippen LogP contribution >= 0.6 is 23.2 Å². The topological polar surface area (TPSA) is 104 Å². The van der Waals surface area contributed by atoms with Gasteiger partial charge in [-0.25, -0.2) is 0 Å². The van der Waals surface area contributed by atoms with Crippen molar-refractivity contribution in [1.82, 2.24) is 0 Å². The molecule has 2 aromatic carbocycles. The fourth-order valence-corrected chi connectivity index (χ4v) is 2.98. The van der Waals surface area contributed by atoms with Gasteiger partial charge in [-0.05, 0) is 51.0 Å². The minimum Gasteiger partial charge on any atom is -0.508 e. The Balaban J connectivity index is 2.24. The van der Waals surface area contributed by atoms with E-state index in [1.165, 1.54) is 18.2 Å². The highest BCUT2D eigenvalue weighted by Crippen LogP contribution is 2.32. The number of hydrogen-bond acceptors (Lipinski definition) is 5. The molecule has 8 heteroatoms. The van der Waals surface area contributed by atoms with Crippen LogP contribution in [0.3, 0.4) is 0 Å². The molecule has 156 valence electrons. The summed E-state index contributed by atoms with van der Waals surface area (Å²) >= 11 is 12.1. The maximum Gasteiger partial charge on any atom is 0.309 e. The molecule has 0 amide bonds. The maximum atomic E-state index is 12.7. The molecule has 0 bridgehead atoms. The minimum absolute atomic E-state index is 0.110. The Morgan fingerprint density at radius 3 is 2.28 bits per heavy atom. The number of carboxylic acid groups (broad SMARTS) is 1. The zero-order valence-corrected chi connectivity index (χ0v) is 17.5. The number of aliphatic carboxylic acids is 1. The normalized spacial score (nSPS) is 12.4. The van der Waals surface area contributed by atoms with Crippen LogP contribution in [-0.2, 0) is 4.79 Å². The molecule has 0 saturated heterocycles. The van der Waals surface area contributed by atoms with Gasteiger partial charge in [0.15, 0.2) is 5.78 Å². The standard InChI is InChI=1S/C21H22Cl2O6/c1-21(2,20(27)28)6-5-16(29-19-9-13(22)3-4-17(19)23)11-18(26)12-7-14(24)10-15(25)8-12/h3-4,7-10,16,24-25H,5-6,11H2,1-2H3,(H,27,28). The van der Waals surface area contributed by atoms with Crippen molar-refractivity contribution in [1.29, 1.82) is 0 Å². The van der Waals surface area contributed by atoms with Gasteiger partial charge in [0, 0.05) is 29.1 Å². The molecule has 2 aromatic rings. The first-order valence-electron chi connectivity index (χ1n) is 8.89. The predicted molar refractivity (Wildman–Crippen MR) is 110 cm³/mol. The summed E-state index contributed by atoms with van der Waals surface area (Å²) in [5, 5.41) is 29.3. The van der Waals surface area contributed by atoms with Crippen LogP contribution in [0.25, 0.3) is 0 Å². The third kappa shape index (κ3) is 6.54. The van der Waals surface area contributed by atoms with Gasteiger partial charge < -0.3 is 20.1 Å². The van der Waals surface area contributed by atoms with E-state index in [0.29, 0.717) is 10.0 Å². The molecule has 0 spiro atoms. The van der Waals surface area contributed by atoms with Crippen molar-refractivity contribution in [2.45, 2.75) is 39.2 Å². The first-order chi connectivity index (χ1) is 13.5. The number of aromatic hydroxyl groups is 2. The van der Waals surface area contributed by atoms with Gasteiger partial charge in [-0.3, -0.25) is 9.59 Å². The van der Waals surface area contributed by atoms with E-state index in [0.717, 1.165) is 6.07 Å². The van der Waals surface area contributed by atoms with Crippen molar-refractivity contribution < 1.29 is 29.6 Å². The van der Waals surface area contributed by atoms with E-state index < -0.39 is 17.5 Å². The highest BCUT2D eigenvalue weighted by molar-refractivity contribution is 6.34. The Morgan fingerprint density at radius 2 is 1.69 bits per heavy atom. The lowest BCUT2D eigenvalue weighted by molar-refractivity contribution is -0.147. The van der Waals surface area contributed by atoms with Gasteiger partial charge in [0.25, 0.3) is 0 Å². The van der Waals surface area contributed by atoms with Crippen LogP contribution in [0.4, 0.5) is 0 Å². The molecule has 3 N–H and O–H groups in total. The molecule has 0 aromatic heterocycles. The summed E-state index contributed by atoms with van der Waals surface area (Å²) < 4.78 is 5.90. The zero-order chi connectivity index (χ0) is 21.8. The van der Waals surface area contributed by atoms with Crippen molar-refractivity contribution in [2.75, 3.05) is 0 Å². The summed E-state index contributed by atoms with van der Waals surface area (Å²) in [6.45, 7) is 3.18. The number of halogens is 2. The van der Waals surface area contributed by atoms with Crippen molar-refractivity contribution in [3.63, 3.8) is 0 Å². The predicted octanol–water partition coefficient (Wildman–Crippen LogP) is 5.32. The van der Waals surface area contributed by atoms with Gasteiger partial charge in [-0.15, -0.1) is 0 Å². The molecule has 0 aliphatic rings. The third-order valence-corrected chi connectivity index (χ3v) is 5.04. The van der Waals surface area contributed by atoms with Crippen LogP contribution in [0.5, 0.6) is 17.2 Å². The minimum atomic E-state index is -1.01. The van der Waals surface area contributed by atoms with Gasteiger partial charge in [-0.1, -0.05) is 23.2 Å². The Hall–Kier alpha value is -2.44. The lowest BCUT2D eigenvalue weighted by Gasteiger charge is -2.24. The Bertz CT molecular complexity index is 890. The monoisotopic (exact) mass is 440 g/mol. The van der Waals surface area contributed by atoms with E-state index in [-0.39, 0.29) is 47.9 Å². The number of carbonyl (C=O) groups is 2. The van der Waals surface area contributed by atoms with Crippen LogP contribution in [0.1, 0.15) is 43.5 Å². The van der Waals surface area contributed by atoms with Crippen molar-refractivity contribution in [2.24, 2.45) is 5.41 Å². The van der Waals surface area contributed by atoms with Crippen molar-refractivity contribution in [3.05, 3.63) is 52.0 Å². The van der Waals surface area contributed by atoms with Crippen LogP contribution in [0.2, 0.25) is 10.0 Å². The van der Waals surface area contributed by atoms with Crippen LogP contribution in [0.15, 0.2) is 36.4 Å². The molecule has 6 nitrogen and oxygen atoms in total. The maximum absolute atomic E-state index is 12.7. The number of rotatable bonds is 9. The molecule has 2 rings (SSSR count). The number of Topliss-reactive ketones (excluding diaryl/α,β-unsaturated/α-hetero) is 1. The summed E-state index contributed by atoms with van der Waals surface area (Å²) in [5.41, 5.74) is -0.891. The summed E-state index contributed by atoms with van der Waals surface area (Å²) in [7, 11) is 0. The number of ether oxygens (including phenoxy) is 1. The molecule has 0 aliphatic heterocycles. The molecule has 1 unspecified atom stereocenters. The number of hydrogen-bond donors (Lipinski definition) is 3. The Labute approximate surface area is 178 Å². The van der Waals surface area contributed by atoms with Gasteiger partial charge in [0.05, 0.1) is 10.4 Å². The molecular weight excluding hydrogens is 419 g/mol. The molecular formula is C21H22Cl2O6. The summed E-state index contributed by atoms with van der Waals surface area (Å²) in [4.78, 5) is 24.1. The smallest absolute Gasteiger partial charge is 0.309 e. The third-order valence-electron chi connectivity index (χ3n) is 4.49. The molecule has 0 radical (unpaired) electrons. The lowest BCUT2D eigenvalue weighted by Crippen LogP contribution is -2.28. The number of phenols is 2. The number of benzene rings is 2. The fraction of sp³-hybridized carbons (Fsp3) is 0.333. The SMILES string of the molecule is CC(C)(CCC(CC(=O)c1cc(O)cc(O)c1)Oc1cc(Cl)ccc1Cl)C(=O)O. The van der Waals surface area contributed by atoms with Gasteiger partial charge in [0.1, 0.15) is 23.4 Å². The van der Waals surface area contributed by atoms with Gasteiger partial charge >= 0.3 is 5.97 Å². The molecule has 1 atom stereocenters. The average molecular weight is 441 g/mol.